The number of allylic oxidation sites excluding steroid dienone is 2. The number of anilines is 1. The van der Waals surface area contributed by atoms with Gasteiger partial charge in [0.15, 0.2) is 6.10 Å². The molecule has 2 N–H and O–H groups in total. The number of hydrazone groups is 1. The van der Waals surface area contributed by atoms with E-state index in [2.05, 4.69) is 46.2 Å². The summed E-state index contributed by atoms with van der Waals surface area (Å²) in [4.78, 5) is 12.7. The summed E-state index contributed by atoms with van der Waals surface area (Å²) in [5.74, 6) is 0.382. The zero-order valence-electron chi connectivity index (χ0n) is 19.7. The van der Waals surface area contributed by atoms with Crippen LogP contribution in [0.25, 0.3) is 0 Å². The summed E-state index contributed by atoms with van der Waals surface area (Å²) in [6, 6.07) is 23.9. The van der Waals surface area contributed by atoms with E-state index in [1.807, 2.05) is 61.5 Å². The average Bonchev–Trinajstić information content (AvgIpc) is 3.38. The number of fused-ring (bicyclic) bond motifs is 3. The van der Waals surface area contributed by atoms with Gasteiger partial charge in [0.05, 0.1) is 11.8 Å². The molecular weight excluding hydrogens is 458 g/mol. The van der Waals surface area contributed by atoms with Crippen molar-refractivity contribution in [2.45, 2.75) is 31.4 Å². The summed E-state index contributed by atoms with van der Waals surface area (Å²) in [5, 5.41) is 8.90. The Balaban J connectivity index is 1.37. The maximum absolute atomic E-state index is 12.7. The summed E-state index contributed by atoms with van der Waals surface area (Å²) in [5.41, 5.74) is 8.63. The molecule has 0 fully saturated rings. The molecule has 1 amide bonds. The van der Waals surface area contributed by atoms with Crippen LogP contribution in [-0.2, 0) is 9.53 Å². The minimum atomic E-state index is -0.716. The van der Waals surface area contributed by atoms with E-state index in [0.29, 0.717) is 11.8 Å². The van der Waals surface area contributed by atoms with Gasteiger partial charge in [-0.3, -0.25) is 4.79 Å². The number of halogens is 1. The van der Waals surface area contributed by atoms with Crippen molar-refractivity contribution in [1.82, 2.24) is 5.43 Å². The molecule has 3 aromatic rings. The van der Waals surface area contributed by atoms with Crippen LogP contribution in [0.3, 0.4) is 0 Å². The number of rotatable bonds is 6. The van der Waals surface area contributed by atoms with Crippen molar-refractivity contribution in [2.75, 3.05) is 12.4 Å². The second-order valence-corrected chi connectivity index (χ2v) is 9.41. The van der Waals surface area contributed by atoms with Gasteiger partial charge in [-0.2, -0.15) is 5.10 Å². The molecule has 2 aliphatic rings. The fourth-order valence-electron chi connectivity index (χ4n) is 5.14. The minimum Gasteiger partial charge on any atom is -0.378 e. The number of hydrogen-bond donors (Lipinski definition) is 2. The number of carbonyl (C=O) groups is 1. The van der Waals surface area contributed by atoms with Gasteiger partial charge in [0.1, 0.15) is 0 Å². The Bertz CT molecular complexity index is 1290. The molecule has 5 rings (SSSR count). The van der Waals surface area contributed by atoms with E-state index >= 15 is 0 Å². The molecule has 0 spiro atoms. The summed E-state index contributed by atoms with van der Waals surface area (Å²) in [6.45, 7) is 1.90. The fraction of sp³-hybridized carbons (Fsp3) is 0.241. The van der Waals surface area contributed by atoms with Crippen LogP contribution in [0.5, 0.6) is 0 Å². The second-order valence-electron chi connectivity index (χ2n) is 9.00. The molecular formula is C29H28ClN3O2. The highest BCUT2D eigenvalue weighted by atomic mass is 35.5. The number of carbonyl (C=O) groups excluding carboxylic acids is 1. The first kappa shape index (κ1) is 23.3. The van der Waals surface area contributed by atoms with E-state index in [0.717, 1.165) is 39.5 Å². The predicted octanol–water partition coefficient (Wildman–Crippen LogP) is 6.39. The Kier molecular flexibility index (Phi) is 6.71. The van der Waals surface area contributed by atoms with Crippen LogP contribution < -0.4 is 10.7 Å². The van der Waals surface area contributed by atoms with Crippen LogP contribution in [0, 0.1) is 5.92 Å². The summed E-state index contributed by atoms with van der Waals surface area (Å²) < 4.78 is 5.41. The van der Waals surface area contributed by atoms with Gasteiger partial charge in [0.25, 0.3) is 5.91 Å². The number of ether oxygens (including phenoxy) is 1. The van der Waals surface area contributed by atoms with Crippen molar-refractivity contribution in [3.05, 3.63) is 112 Å². The lowest BCUT2D eigenvalue weighted by Crippen LogP contribution is -2.29. The van der Waals surface area contributed by atoms with Crippen LogP contribution >= 0.6 is 11.6 Å². The third kappa shape index (κ3) is 4.62. The highest BCUT2D eigenvalue weighted by molar-refractivity contribution is 6.31. The van der Waals surface area contributed by atoms with E-state index in [1.54, 1.807) is 0 Å². The van der Waals surface area contributed by atoms with Crippen molar-refractivity contribution >= 4 is 28.9 Å². The van der Waals surface area contributed by atoms with Gasteiger partial charge in [-0.25, -0.2) is 5.43 Å². The quantitative estimate of drug-likeness (QED) is 0.241. The Morgan fingerprint density at radius 1 is 1.09 bits per heavy atom. The maximum atomic E-state index is 12.7. The zero-order chi connectivity index (χ0) is 24.4. The van der Waals surface area contributed by atoms with Gasteiger partial charge >= 0.3 is 0 Å². The van der Waals surface area contributed by atoms with E-state index < -0.39 is 6.10 Å². The van der Waals surface area contributed by atoms with E-state index in [-0.39, 0.29) is 11.9 Å². The number of methoxy groups -OCH3 is 1. The summed E-state index contributed by atoms with van der Waals surface area (Å²) in [6.07, 6.45) is 4.85. The molecule has 0 bridgehead atoms. The first-order valence-electron chi connectivity index (χ1n) is 11.8. The molecule has 4 atom stereocenters. The Morgan fingerprint density at radius 2 is 1.86 bits per heavy atom. The lowest BCUT2D eigenvalue weighted by Gasteiger charge is -2.38. The highest BCUT2D eigenvalue weighted by Crippen LogP contribution is 2.50. The highest BCUT2D eigenvalue weighted by Gasteiger charge is 2.38. The molecule has 0 radical (unpaired) electrons. The largest absolute Gasteiger partial charge is 0.378 e. The first-order chi connectivity index (χ1) is 17.1. The van der Waals surface area contributed by atoms with Crippen molar-refractivity contribution in [2.24, 2.45) is 11.0 Å². The molecule has 6 heteroatoms. The van der Waals surface area contributed by atoms with Crippen molar-refractivity contribution in [3.8, 4) is 0 Å². The van der Waals surface area contributed by atoms with E-state index in [9.17, 15) is 4.79 Å². The molecule has 1 aliphatic carbocycles. The van der Waals surface area contributed by atoms with Gasteiger partial charge < -0.3 is 10.1 Å². The van der Waals surface area contributed by atoms with Crippen LogP contribution in [0.4, 0.5) is 5.69 Å². The number of benzene rings is 3. The van der Waals surface area contributed by atoms with E-state index in [4.69, 9.17) is 16.3 Å². The molecule has 1 heterocycles. The Hall–Kier alpha value is -3.41. The monoisotopic (exact) mass is 485 g/mol. The Labute approximate surface area is 210 Å². The summed E-state index contributed by atoms with van der Waals surface area (Å²) in [7, 11) is 1.52. The van der Waals surface area contributed by atoms with Crippen LogP contribution in [0.2, 0.25) is 5.02 Å². The molecule has 178 valence electrons. The predicted molar refractivity (Wildman–Crippen MR) is 141 cm³/mol. The number of nitrogens with zero attached hydrogens (tertiary/aromatic N) is 1. The van der Waals surface area contributed by atoms with Crippen LogP contribution in [0.1, 0.15) is 53.7 Å². The van der Waals surface area contributed by atoms with E-state index in [1.165, 1.54) is 12.7 Å². The topological polar surface area (TPSA) is 62.7 Å². The minimum absolute atomic E-state index is 0.153. The molecule has 35 heavy (non-hydrogen) atoms. The standard InChI is InChI=1S/C29H28ClN3O2/c1-18(32-33-29(34)28(35-2)19-9-4-3-5-10-19)20-15-16-26-24(17-20)21-12-8-13-22(21)27(31-26)23-11-6-7-14-25(23)30/h3-12,14-17,21-22,27-28,31H,13H2,1-2H3,(H,33,34)/b32-18-/t21-,22+,27-,28-/m1/s1. The third-order valence-electron chi connectivity index (χ3n) is 6.93. The molecule has 0 unspecified atom stereocenters. The molecule has 5 nitrogen and oxygen atoms in total. The molecule has 0 saturated carbocycles. The number of hydrogen-bond acceptors (Lipinski definition) is 4. The number of nitrogens with one attached hydrogen (secondary N) is 2. The molecule has 3 aromatic carbocycles. The Morgan fingerprint density at radius 3 is 2.63 bits per heavy atom. The van der Waals surface area contributed by atoms with Gasteiger partial charge in [0, 0.05) is 23.7 Å². The molecule has 1 aliphatic heterocycles. The van der Waals surface area contributed by atoms with Crippen molar-refractivity contribution in [1.29, 1.82) is 0 Å². The first-order valence-corrected chi connectivity index (χ1v) is 12.2. The van der Waals surface area contributed by atoms with Crippen molar-refractivity contribution in [3.63, 3.8) is 0 Å². The fourth-order valence-corrected chi connectivity index (χ4v) is 5.39. The average molecular weight is 486 g/mol. The molecule has 0 aromatic heterocycles. The summed E-state index contributed by atoms with van der Waals surface area (Å²) >= 11 is 6.55. The van der Waals surface area contributed by atoms with Crippen LogP contribution in [0.15, 0.2) is 90.0 Å². The van der Waals surface area contributed by atoms with Gasteiger partial charge in [-0.1, -0.05) is 78.4 Å². The maximum Gasteiger partial charge on any atom is 0.273 e. The van der Waals surface area contributed by atoms with Gasteiger partial charge in [-0.15, -0.1) is 0 Å². The van der Waals surface area contributed by atoms with Gasteiger partial charge in [-0.05, 0) is 59.7 Å². The van der Waals surface area contributed by atoms with Crippen molar-refractivity contribution < 1.29 is 9.53 Å². The zero-order valence-corrected chi connectivity index (χ0v) is 20.5. The lowest BCUT2D eigenvalue weighted by molar-refractivity contribution is -0.131. The second kappa shape index (κ2) is 10.1. The normalized spacial score (nSPS) is 21.6. The lowest BCUT2D eigenvalue weighted by atomic mass is 9.76. The SMILES string of the molecule is CO[C@@H](C(=O)N/N=C(/C)c1ccc2c(c1)[C@@H]1C=CC[C@@H]1[C@H](c1ccccc1Cl)N2)c1ccccc1. The smallest absolute Gasteiger partial charge is 0.273 e. The third-order valence-corrected chi connectivity index (χ3v) is 7.27. The van der Waals surface area contributed by atoms with Crippen LogP contribution in [-0.4, -0.2) is 18.7 Å². The number of amides is 1. The van der Waals surface area contributed by atoms with Gasteiger partial charge in [0.2, 0.25) is 0 Å². The molecule has 0 saturated heterocycles.